The van der Waals surface area contributed by atoms with Crippen LogP contribution in [0.4, 0.5) is 0 Å². The summed E-state index contributed by atoms with van der Waals surface area (Å²) in [5.74, 6) is 0. The molecule has 3 rings (SSSR count). The number of aromatic amines is 1. The third-order valence-electron chi connectivity index (χ3n) is 3.43. The molecule has 0 unspecified atom stereocenters. The minimum atomic E-state index is 0.430. The number of hydrogen-bond acceptors (Lipinski definition) is 3. The minimum Gasteiger partial charge on any atom is -0.381 e. The van der Waals surface area contributed by atoms with Crippen LogP contribution >= 0.6 is 12.2 Å². The molecule has 0 bridgehead atoms. The largest absolute Gasteiger partial charge is 0.381 e. The van der Waals surface area contributed by atoms with Gasteiger partial charge in [-0.1, -0.05) is 0 Å². The van der Waals surface area contributed by atoms with Gasteiger partial charge in [0.05, 0.1) is 5.69 Å². The molecule has 17 heavy (non-hydrogen) atoms. The Hall–Kier alpha value is -1.14. The smallest absolute Gasteiger partial charge is 0.179 e. The van der Waals surface area contributed by atoms with Crippen LogP contribution in [-0.4, -0.2) is 32.5 Å². The number of rotatable bonds is 1. The number of imidazole rings is 1. The first-order chi connectivity index (χ1) is 8.18. The van der Waals surface area contributed by atoms with Crippen LogP contribution in [0.5, 0.6) is 0 Å². The predicted octanol–water partition coefficient (Wildman–Crippen LogP) is 2.09. The lowest BCUT2D eigenvalue weighted by molar-refractivity contribution is 0.0700. The molecule has 3 heterocycles. The molecule has 0 radical (unpaired) electrons. The van der Waals surface area contributed by atoms with E-state index in [-0.39, 0.29) is 0 Å². The summed E-state index contributed by atoms with van der Waals surface area (Å²) < 4.78 is 10.3. The number of fused-ring (bicyclic) bond motifs is 1. The van der Waals surface area contributed by atoms with Gasteiger partial charge in [0, 0.05) is 26.3 Å². The fraction of sp³-hybridized carbons (Fsp3) is 0.636. The highest BCUT2D eigenvalue weighted by Crippen LogP contribution is 2.27. The van der Waals surface area contributed by atoms with Crippen molar-refractivity contribution in [2.24, 2.45) is 7.05 Å². The molecule has 0 aromatic carbocycles. The highest BCUT2D eigenvalue weighted by atomic mass is 32.1. The van der Waals surface area contributed by atoms with Gasteiger partial charge in [0.25, 0.3) is 0 Å². The highest BCUT2D eigenvalue weighted by Gasteiger charge is 2.21. The van der Waals surface area contributed by atoms with E-state index in [0.29, 0.717) is 6.04 Å². The quantitative estimate of drug-likeness (QED) is 0.791. The van der Waals surface area contributed by atoms with Gasteiger partial charge in [0.2, 0.25) is 0 Å². The Labute approximate surface area is 104 Å². The van der Waals surface area contributed by atoms with Crippen molar-refractivity contribution in [3.05, 3.63) is 10.5 Å². The van der Waals surface area contributed by atoms with Crippen LogP contribution in [0.15, 0.2) is 0 Å². The van der Waals surface area contributed by atoms with Gasteiger partial charge in [0.15, 0.2) is 10.4 Å². The van der Waals surface area contributed by atoms with E-state index in [2.05, 4.69) is 14.6 Å². The lowest BCUT2D eigenvalue weighted by Gasteiger charge is -2.23. The van der Waals surface area contributed by atoms with Crippen molar-refractivity contribution in [3.63, 3.8) is 0 Å². The van der Waals surface area contributed by atoms with E-state index in [1.807, 2.05) is 18.7 Å². The normalized spacial score (nSPS) is 18.0. The van der Waals surface area contributed by atoms with E-state index >= 15 is 0 Å². The zero-order chi connectivity index (χ0) is 12.0. The number of nitrogens with zero attached hydrogens (tertiary/aromatic N) is 3. The van der Waals surface area contributed by atoms with Crippen LogP contribution in [0.1, 0.15) is 24.6 Å². The molecule has 1 aliphatic heterocycles. The maximum Gasteiger partial charge on any atom is 0.179 e. The van der Waals surface area contributed by atoms with Crippen LogP contribution in [0, 0.1) is 11.7 Å². The average Bonchev–Trinajstić information content (AvgIpc) is 2.79. The van der Waals surface area contributed by atoms with Gasteiger partial charge in [-0.05, 0) is 32.0 Å². The summed E-state index contributed by atoms with van der Waals surface area (Å²) in [6, 6.07) is 0.430. The maximum absolute atomic E-state index is 5.43. The molecule has 0 spiro atoms. The molecule has 92 valence electrons. The number of H-pyrrole nitrogens is 1. The second-order valence-electron chi connectivity index (χ2n) is 4.55. The van der Waals surface area contributed by atoms with Crippen LogP contribution in [-0.2, 0) is 11.8 Å². The highest BCUT2D eigenvalue weighted by molar-refractivity contribution is 7.71. The summed E-state index contributed by atoms with van der Waals surface area (Å²) in [6.07, 6.45) is 2.04. The molecule has 1 aliphatic rings. The van der Waals surface area contributed by atoms with E-state index in [1.165, 1.54) is 0 Å². The lowest BCUT2D eigenvalue weighted by atomic mass is 10.1. The predicted molar refractivity (Wildman–Crippen MR) is 67.7 cm³/mol. The third-order valence-corrected chi connectivity index (χ3v) is 3.73. The molecule has 0 atom stereocenters. The summed E-state index contributed by atoms with van der Waals surface area (Å²) in [6.45, 7) is 3.63. The van der Waals surface area contributed by atoms with Crippen molar-refractivity contribution in [1.82, 2.24) is 19.3 Å². The van der Waals surface area contributed by atoms with Crippen molar-refractivity contribution in [1.29, 1.82) is 0 Å². The molecule has 2 aromatic rings. The molecular formula is C11H16N4OS. The first-order valence-electron chi connectivity index (χ1n) is 5.90. The standard InChI is InChI=1S/C11H16N4OS/c1-7-9-10(14(2)13-7)15(11(17)12-9)8-3-5-16-6-4-8/h8H,3-6H2,1-2H3,(H,12,17). The molecule has 6 heteroatoms. The Morgan fingerprint density at radius 3 is 2.82 bits per heavy atom. The summed E-state index contributed by atoms with van der Waals surface area (Å²) >= 11 is 5.43. The SMILES string of the molecule is Cc1nn(C)c2c1[nH]c(=S)n2C1CCOCC1. The van der Waals surface area contributed by atoms with Crippen LogP contribution in [0.3, 0.4) is 0 Å². The van der Waals surface area contributed by atoms with Gasteiger partial charge in [0.1, 0.15) is 5.52 Å². The lowest BCUT2D eigenvalue weighted by Crippen LogP contribution is -2.20. The Balaban J connectivity index is 2.20. The zero-order valence-corrected chi connectivity index (χ0v) is 10.9. The second-order valence-corrected chi connectivity index (χ2v) is 4.94. The molecule has 1 saturated heterocycles. The molecule has 0 amide bonds. The topological polar surface area (TPSA) is 47.8 Å². The fourth-order valence-electron chi connectivity index (χ4n) is 2.61. The zero-order valence-electron chi connectivity index (χ0n) is 10.1. The Morgan fingerprint density at radius 1 is 1.41 bits per heavy atom. The van der Waals surface area contributed by atoms with Gasteiger partial charge in [-0.25, -0.2) is 0 Å². The summed E-state index contributed by atoms with van der Waals surface area (Å²) in [5.41, 5.74) is 3.16. The van der Waals surface area contributed by atoms with Crippen LogP contribution < -0.4 is 0 Å². The van der Waals surface area contributed by atoms with Gasteiger partial charge >= 0.3 is 0 Å². The minimum absolute atomic E-state index is 0.430. The molecule has 1 N–H and O–H groups in total. The van der Waals surface area contributed by atoms with Crippen LogP contribution in [0.2, 0.25) is 0 Å². The Morgan fingerprint density at radius 2 is 2.12 bits per heavy atom. The Bertz CT molecular complexity index is 603. The van der Waals surface area contributed by atoms with Crippen molar-refractivity contribution in [2.75, 3.05) is 13.2 Å². The average molecular weight is 252 g/mol. The van der Waals surface area contributed by atoms with Crippen molar-refractivity contribution in [3.8, 4) is 0 Å². The van der Waals surface area contributed by atoms with E-state index in [0.717, 1.165) is 47.7 Å². The van der Waals surface area contributed by atoms with Crippen molar-refractivity contribution in [2.45, 2.75) is 25.8 Å². The number of hydrogen-bond donors (Lipinski definition) is 1. The second kappa shape index (κ2) is 3.96. The summed E-state index contributed by atoms with van der Waals surface area (Å²) in [4.78, 5) is 3.27. The van der Waals surface area contributed by atoms with Gasteiger partial charge in [-0.15, -0.1) is 0 Å². The first-order valence-corrected chi connectivity index (χ1v) is 6.31. The number of aryl methyl sites for hydroxylation is 2. The van der Waals surface area contributed by atoms with E-state index < -0.39 is 0 Å². The monoisotopic (exact) mass is 252 g/mol. The number of ether oxygens (including phenoxy) is 1. The molecule has 5 nitrogen and oxygen atoms in total. The van der Waals surface area contributed by atoms with Crippen molar-refractivity contribution < 1.29 is 4.74 Å². The first kappa shape index (κ1) is 11.0. The van der Waals surface area contributed by atoms with E-state index in [9.17, 15) is 0 Å². The van der Waals surface area contributed by atoms with Gasteiger partial charge in [-0.3, -0.25) is 9.25 Å². The number of nitrogens with one attached hydrogen (secondary N) is 1. The van der Waals surface area contributed by atoms with Gasteiger partial charge < -0.3 is 9.72 Å². The molecule has 1 fully saturated rings. The third kappa shape index (κ3) is 1.63. The van der Waals surface area contributed by atoms with Crippen LogP contribution in [0.25, 0.3) is 11.2 Å². The van der Waals surface area contributed by atoms with E-state index in [1.54, 1.807) is 0 Å². The fourth-order valence-corrected chi connectivity index (χ4v) is 2.95. The van der Waals surface area contributed by atoms with E-state index in [4.69, 9.17) is 17.0 Å². The number of aromatic nitrogens is 4. The molecule has 0 saturated carbocycles. The van der Waals surface area contributed by atoms with Gasteiger partial charge in [-0.2, -0.15) is 5.10 Å². The molecule has 0 aliphatic carbocycles. The summed E-state index contributed by atoms with van der Waals surface area (Å²) in [7, 11) is 1.97. The maximum atomic E-state index is 5.43. The van der Waals surface area contributed by atoms with Crippen molar-refractivity contribution >= 4 is 23.4 Å². The molecular weight excluding hydrogens is 236 g/mol. The summed E-state index contributed by atoms with van der Waals surface area (Å²) in [5, 5.41) is 4.43. The Kier molecular flexibility index (Phi) is 2.56. The molecule has 2 aromatic heterocycles.